The van der Waals surface area contributed by atoms with Crippen molar-refractivity contribution in [2.75, 3.05) is 26.3 Å². The van der Waals surface area contributed by atoms with E-state index in [4.69, 9.17) is 15.6 Å². The van der Waals surface area contributed by atoms with Crippen LogP contribution >= 0.6 is 0 Å². The first-order valence-electron chi connectivity index (χ1n) is 16.7. The molecule has 1 atom stereocenters. The second kappa shape index (κ2) is 18.9. The fourth-order valence-corrected chi connectivity index (χ4v) is 5.33. The number of carbonyl (C=O) groups is 4. The number of carboxylic acid groups (broad SMARTS) is 1. The minimum Gasteiger partial charge on any atom is -0.480 e. The number of ether oxygens (including phenoxy) is 1. The Hall–Kier alpha value is -2.98. The minimum atomic E-state index is -1.01. The summed E-state index contributed by atoms with van der Waals surface area (Å²) in [6.45, 7) is 12.1. The van der Waals surface area contributed by atoms with E-state index < -0.39 is 17.6 Å². The summed E-state index contributed by atoms with van der Waals surface area (Å²) < 4.78 is 6.11. The van der Waals surface area contributed by atoms with Crippen molar-refractivity contribution in [1.82, 2.24) is 15.5 Å². The van der Waals surface area contributed by atoms with Gasteiger partial charge in [0.05, 0.1) is 18.8 Å². The third-order valence-electron chi connectivity index (χ3n) is 8.25. The summed E-state index contributed by atoms with van der Waals surface area (Å²) >= 11 is 0. The molecule has 5 N–H and O–H groups in total. The number of nitrogens with two attached hydrogens (primary N) is 1. The van der Waals surface area contributed by atoms with E-state index in [1.54, 1.807) is 0 Å². The molecular formula is C35H58N4O6. The summed E-state index contributed by atoms with van der Waals surface area (Å²) in [5.74, 6) is -0.952. The molecule has 10 heteroatoms. The summed E-state index contributed by atoms with van der Waals surface area (Å²) in [7, 11) is 0. The molecule has 0 saturated heterocycles. The highest BCUT2D eigenvalue weighted by atomic mass is 16.5. The molecule has 1 aromatic carbocycles. The zero-order chi connectivity index (χ0) is 33.5. The van der Waals surface area contributed by atoms with Crippen molar-refractivity contribution in [3.63, 3.8) is 0 Å². The lowest BCUT2D eigenvalue weighted by Gasteiger charge is -2.42. The molecular weight excluding hydrogens is 572 g/mol. The summed E-state index contributed by atoms with van der Waals surface area (Å²) in [6, 6.07) is 7.83. The van der Waals surface area contributed by atoms with Crippen molar-refractivity contribution >= 4 is 23.7 Å². The zero-order valence-electron chi connectivity index (χ0n) is 28.3. The van der Waals surface area contributed by atoms with Gasteiger partial charge in [0, 0.05) is 43.8 Å². The fraction of sp³-hybridized carbons (Fsp3) is 0.714. The van der Waals surface area contributed by atoms with Gasteiger partial charge in [-0.05, 0) is 84.1 Å². The minimum absolute atomic E-state index is 0.0712. The standard InChI is InChI=1S/C35H58N4O6/c1-26-16-18-27(19-17-26)20-21-32(42)39(28-11-10-12-28)23-34(2,3)24-45-25-35(4,5)38-31(41)15-7-6-14-30(40)37-22-9-8-13-29(36)33(43)44/h16-19,28-29H,6-15,20-25,36H2,1-5H3,(H,37,40)(H,38,41)(H,43,44)/t29-/m0/s1. The highest BCUT2D eigenvalue weighted by molar-refractivity contribution is 5.78. The summed E-state index contributed by atoms with van der Waals surface area (Å²) in [5.41, 5.74) is 7.09. The average molecular weight is 631 g/mol. The molecule has 2 rings (SSSR count). The van der Waals surface area contributed by atoms with Gasteiger partial charge in [0.1, 0.15) is 6.04 Å². The molecule has 1 aliphatic carbocycles. The fourth-order valence-electron chi connectivity index (χ4n) is 5.33. The van der Waals surface area contributed by atoms with Crippen LogP contribution in [0.5, 0.6) is 0 Å². The van der Waals surface area contributed by atoms with E-state index in [2.05, 4.69) is 60.6 Å². The molecule has 0 heterocycles. The monoisotopic (exact) mass is 630 g/mol. The van der Waals surface area contributed by atoms with E-state index in [-0.39, 0.29) is 23.1 Å². The van der Waals surface area contributed by atoms with Crippen molar-refractivity contribution in [3.8, 4) is 0 Å². The van der Waals surface area contributed by atoms with E-state index in [0.29, 0.717) is 83.7 Å². The number of aryl methyl sites for hydroxylation is 2. The molecule has 1 aromatic rings. The maximum atomic E-state index is 13.3. The summed E-state index contributed by atoms with van der Waals surface area (Å²) in [5, 5.41) is 14.7. The highest BCUT2D eigenvalue weighted by Crippen LogP contribution is 2.29. The molecule has 0 bridgehead atoms. The van der Waals surface area contributed by atoms with Gasteiger partial charge in [0.25, 0.3) is 0 Å². The molecule has 10 nitrogen and oxygen atoms in total. The molecule has 0 radical (unpaired) electrons. The Bertz CT molecular complexity index is 1080. The Morgan fingerprint density at radius 2 is 1.60 bits per heavy atom. The normalized spacial score (nSPS) is 14.4. The first-order valence-corrected chi connectivity index (χ1v) is 16.7. The van der Waals surface area contributed by atoms with Gasteiger partial charge in [0.15, 0.2) is 0 Å². The SMILES string of the molecule is Cc1ccc(CCC(=O)N(CC(C)(C)COCC(C)(C)NC(=O)CCCCC(=O)NCCCC[C@H](N)C(=O)O)C2CCC2)cc1. The van der Waals surface area contributed by atoms with Gasteiger partial charge >= 0.3 is 5.97 Å². The van der Waals surface area contributed by atoms with E-state index in [0.717, 1.165) is 25.7 Å². The van der Waals surface area contributed by atoms with E-state index in [9.17, 15) is 19.2 Å². The van der Waals surface area contributed by atoms with Crippen LogP contribution in [0, 0.1) is 12.3 Å². The molecule has 0 unspecified atom stereocenters. The molecule has 0 aliphatic heterocycles. The molecule has 3 amide bonds. The Morgan fingerprint density at radius 1 is 0.956 bits per heavy atom. The number of benzene rings is 1. The van der Waals surface area contributed by atoms with Gasteiger partial charge in [-0.1, -0.05) is 43.7 Å². The topological polar surface area (TPSA) is 151 Å². The lowest BCUT2D eigenvalue weighted by molar-refractivity contribution is -0.139. The lowest BCUT2D eigenvalue weighted by Crippen LogP contribution is -2.50. The first-order chi connectivity index (χ1) is 21.2. The number of aliphatic carboxylic acids is 1. The summed E-state index contributed by atoms with van der Waals surface area (Å²) in [4.78, 5) is 50.7. The van der Waals surface area contributed by atoms with E-state index in [1.165, 1.54) is 11.1 Å². The van der Waals surface area contributed by atoms with Crippen molar-refractivity contribution < 1.29 is 29.0 Å². The first kappa shape index (κ1) is 38.2. The maximum absolute atomic E-state index is 13.3. The second-order valence-corrected chi connectivity index (χ2v) is 14.2. The van der Waals surface area contributed by atoms with Gasteiger partial charge in [-0.25, -0.2) is 0 Å². The van der Waals surface area contributed by atoms with Crippen LogP contribution in [-0.4, -0.2) is 77.6 Å². The predicted molar refractivity (Wildman–Crippen MR) is 177 cm³/mol. The largest absolute Gasteiger partial charge is 0.480 e. The van der Waals surface area contributed by atoms with Gasteiger partial charge in [-0.2, -0.15) is 0 Å². The van der Waals surface area contributed by atoms with Crippen molar-refractivity contribution in [2.45, 2.75) is 129 Å². The Labute approximate surface area is 270 Å². The van der Waals surface area contributed by atoms with Crippen LogP contribution in [0.3, 0.4) is 0 Å². The van der Waals surface area contributed by atoms with Gasteiger partial charge < -0.3 is 31.1 Å². The number of nitrogens with zero attached hydrogens (tertiary/aromatic N) is 1. The van der Waals surface area contributed by atoms with Crippen LogP contribution in [-0.2, 0) is 30.3 Å². The lowest BCUT2D eigenvalue weighted by atomic mass is 9.87. The molecule has 254 valence electrons. The van der Waals surface area contributed by atoms with Gasteiger partial charge in [-0.15, -0.1) is 0 Å². The van der Waals surface area contributed by atoms with E-state index >= 15 is 0 Å². The van der Waals surface area contributed by atoms with Crippen LogP contribution in [0.1, 0.15) is 109 Å². The smallest absolute Gasteiger partial charge is 0.320 e. The van der Waals surface area contributed by atoms with Crippen molar-refractivity contribution in [1.29, 1.82) is 0 Å². The molecule has 1 saturated carbocycles. The second-order valence-electron chi connectivity index (χ2n) is 14.2. The third-order valence-corrected chi connectivity index (χ3v) is 8.25. The molecule has 1 aliphatic rings. The number of unbranched alkanes of at least 4 members (excludes halogenated alkanes) is 2. The van der Waals surface area contributed by atoms with Gasteiger partial charge in [0.2, 0.25) is 17.7 Å². The van der Waals surface area contributed by atoms with Crippen LogP contribution in [0.15, 0.2) is 24.3 Å². The zero-order valence-corrected chi connectivity index (χ0v) is 28.3. The number of nitrogens with one attached hydrogen (secondary N) is 2. The number of amides is 3. The average Bonchev–Trinajstić information content (AvgIpc) is 2.92. The Balaban J connectivity index is 1.65. The van der Waals surface area contributed by atoms with E-state index in [1.807, 2.05) is 13.8 Å². The van der Waals surface area contributed by atoms with Crippen molar-refractivity contribution in [2.24, 2.45) is 11.1 Å². The van der Waals surface area contributed by atoms with Crippen LogP contribution < -0.4 is 16.4 Å². The number of carboxylic acids is 1. The number of rotatable bonds is 22. The van der Waals surface area contributed by atoms with Gasteiger partial charge in [-0.3, -0.25) is 19.2 Å². The van der Waals surface area contributed by atoms with Crippen LogP contribution in [0.25, 0.3) is 0 Å². The predicted octanol–water partition coefficient (Wildman–Crippen LogP) is 4.51. The Morgan fingerprint density at radius 3 is 2.20 bits per heavy atom. The maximum Gasteiger partial charge on any atom is 0.320 e. The molecule has 45 heavy (non-hydrogen) atoms. The third kappa shape index (κ3) is 15.7. The molecule has 0 aromatic heterocycles. The number of hydrogen-bond acceptors (Lipinski definition) is 6. The number of hydrogen-bond donors (Lipinski definition) is 4. The van der Waals surface area contributed by atoms with Crippen LogP contribution in [0.2, 0.25) is 0 Å². The Kier molecular flexibility index (Phi) is 16.0. The molecule has 1 fully saturated rings. The quantitative estimate of drug-likeness (QED) is 0.138. The highest BCUT2D eigenvalue weighted by Gasteiger charge is 2.33. The molecule has 0 spiro atoms. The number of carbonyl (C=O) groups excluding carboxylic acids is 3. The van der Waals surface area contributed by atoms with Crippen LogP contribution in [0.4, 0.5) is 0 Å². The summed E-state index contributed by atoms with van der Waals surface area (Å²) in [6.07, 6.45) is 8.11. The van der Waals surface area contributed by atoms with Crippen molar-refractivity contribution in [3.05, 3.63) is 35.4 Å².